The van der Waals surface area contributed by atoms with Gasteiger partial charge in [-0.3, -0.25) is 9.69 Å². The summed E-state index contributed by atoms with van der Waals surface area (Å²) in [4.78, 5) is 19.0. The van der Waals surface area contributed by atoms with E-state index in [4.69, 9.17) is 18.9 Å². The van der Waals surface area contributed by atoms with E-state index in [0.29, 0.717) is 44.9 Å². The van der Waals surface area contributed by atoms with Crippen molar-refractivity contribution in [1.82, 2.24) is 15.2 Å². The molecule has 0 spiro atoms. The van der Waals surface area contributed by atoms with Crippen LogP contribution in [0.2, 0.25) is 0 Å². The Hall–Kier alpha value is -3.53. The van der Waals surface area contributed by atoms with Gasteiger partial charge < -0.3 is 18.9 Å². The van der Waals surface area contributed by atoms with Crippen LogP contribution >= 0.6 is 11.8 Å². The number of para-hydroxylation sites is 1. The van der Waals surface area contributed by atoms with Crippen LogP contribution in [0.5, 0.6) is 23.1 Å². The van der Waals surface area contributed by atoms with Gasteiger partial charge in [0.15, 0.2) is 17.2 Å². The standard InChI is InChI=1S/C22H22N4O5S/c1-12(27)26-15-9-7-6-8-13(15)19-20(23-22(32-5)25-24-19)31-21(26)14-10-17(29-3)18(30-4)11-16(14)28-2/h6-11,21H,1-5H3/t21-/m0/s1. The number of rotatable bonds is 5. The van der Waals surface area contributed by atoms with E-state index in [-0.39, 0.29) is 11.8 Å². The van der Waals surface area contributed by atoms with Crippen molar-refractivity contribution in [2.45, 2.75) is 18.3 Å². The number of carbonyl (C=O) groups excluding carboxylic acids is 1. The molecule has 0 saturated heterocycles. The molecule has 2 aromatic carbocycles. The second-order valence-electron chi connectivity index (χ2n) is 6.78. The molecule has 3 aromatic rings. The maximum absolute atomic E-state index is 12.9. The van der Waals surface area contributed by atoms with Crippen molar-refractivity contribution >= 4 is 23.4 Å². The highest BCUT2D eigenvalue weighted by molar-refractivity contribution is 7.98. The van der Waals surface area contributed by atoms with E-state index >= 15 is 0 Å². The summed E-state index contributed by atoms with van der Waals surface area (Å²) in [7, 11) is 4.62. The summed E-state index contributed by atoms with van der Waals surface area (Å²) in [6.45, 7) is 1.47. The lowest BCUT2D eigenvalue weighted by atomic mass is 10.1. The van der Waals surface area contributed by atoms with Gasteiger partial charge >= 0.3 is 0 Å². The van der Waals surface area contributed by atoms with Crippen molar-refractivity contribution < 1.29 is 23.7 Å². The zero-order chi connectivity index (χ0) is 22.8. The number of thioether (sulfide) groups is 1. The molecule has 1 aliphatic heterocycles. The first-order valence-electron chi connectivity index (χ1n) is 9.66. The van der Waals surface area contributed by atoms with Crippen molar-refractivity contribution in [2.24, 2.45) is 0 Å². The number of aromatic nitrogens is 3. The van der Waals surface area contributed by atoms with Crippen LogP contribution in [0.25, 0.3) is 11.3 Å². The molecule has 1 amide bonds. The van der Waals surface area contributed by atoms with Crippen LogP contribution in [0, 0.1) is 0 Å². The summed E-state index contributed by atoms with van der Waals surface area (Å²) in [6, 6.07) is 10.8. The lowest BCUT2D eigenvalue weighted by Gasteiger charge is -2.31. The van der Waals surface area contributed by atoms with Crippen molar-refractivity contribution in [3.05, 3.63) is 42.0 Å². The van der Waals surface area contributed by atoms with Crippen molar-refractivity contribution in [3.8, 4) is 34.4 Å². The Kier molecular flexibility index (Phi) is 6.04. The zero-order valence-corrected chi connectivity index (χ0v) is 19.1. The average molecular weight is 455 g/mol. The fourth-order valence-corrected chi connectivity index (χ4v) is 3.88. The Labute approximate surface area is 189 Å². The van der Waals surface area contributed by atoms with Gasteiger partial charge in [-0.2, -0.15) is 4.98 Å². The third-order valence-electron chi connectivity index (χ3n) is 5.04. The monoisotopic (exact) mass is 454 g/mol. The van der Waals surface area contributed by atoms with Crippen LogP contribution in [-0.2, 0) is 4.79 Å². The van der Waals surface area contributed by atoms with Crippen LogP contribution in [-0.4, -0.2) is 48.7 Å². The summed E-state index contributed by atoms with van der Waals surface area (Å²) < 4.78 is 22.9. The largest absolute Gasteiger partial charge is 0.496 e. The number of hydrogen-bond donors (Lipinski definition) is 0. The molecule has 1 aliphatic rings. The molecule has 9 nitrogen and oxygen atoms in total. The number of ether oxygens (including phenoxy) is 4. The molecule has 0 radical (unpaired) electrons. The third kappa shape index (κ3) is 3.66. The van der Waals surface area contributed by atoms with Crippen LogP contribution in [0.1, 0.15) is 18.7 Å². The van der Waals surface area contributed by atoms with Gasteiger partial charge in [-0.15, -0.1) is 10.2 Å². The highest BCUT2D eigenvalue weighted by atomic mass is 32.2. The number of nitrogens with zero attached hydrogens (tertiary/aromatic N) is 4. The van der Waals surface area contributed by atoms with Crippen LogP contribution in [0.15, 0.2) is 41.6 Å². The summed E-state index contributed by atoms with van der Waals surface area (Å²) in [6.07, 6.45) is 0.946. The number of anilines is 1. The number of hydrogen-bond acceptors (Lipinski definition) is 9. The molecule has 0 aliphatic carbocycles. The van der Waals surface area contributed by atoms with Crippen molar-refractivity contribution in [3.63, 3.8) is 0 Å². The van der Waals surface area contributed by atoms with E-state index in [2.05, 4.69) is 15.2 Å². The van der Waals surface area contributed by atoms with Gasteiger partial charge in [-0.05, 0) is 18.4 Å². The third-order valence-corrected chi connectivity index (χ3v) is 5.57. The molecule has 166 valence electrons. The van der Waals surface area contributed by atoms with Gasteiger partial charge in [0.1, 0.15) is 5.75 Å². The normalized spacial score (nSPS) is 14.5. The maximum atomic E-state index is 12.9. The smallest absolute Gasteiger partial charge is 0.247 e. The van der Waals surface area contributed by atoms with E-state index in [9.17, 15) is 4.79 Å². The molecular formula is C22H22N4O5S. The van der Waals surface area contributed by atoms with Crippen LogP contribution in [0.4, 0.5) is 5.69 Å². The van der Waals surface area contributed by atoms with Gasteiger partial charge in [0.05, 0.1) is 32.6 Å². The fraction of sp³-hybridized carbons (Fsp3) is 0.273. The SMILES string of the molecule is COc1cc(OC)c([C@@H]2Oc3nc(SC)nnc3-c3ccccc3N2C(C)=O)cc1OC. The second-order valence-corrected chi connectivity index (χ2v) is 7.55. The predicted molar refractivity (Wildman–Crippen MR) is 120 cm³/mol. The molecule has 1 aromatic heterocycles. The molecule has 0 saturated carbocycles. The Morgan fingerprint density at radius 1 is 1.03 bits per heavy atom. The zero-order valence-electron chi connectivity index (χ0n) is 18.3. The number of methoxy groups -OCH3 is 3. The van der Waals surface area contributed by atoms with Gasteiger partial charge in [0.2, 0.25) is 23.2 Å². The van der Waals surface area contributed by atoms with E-state index in [1.807, 2.05) is 30.5 Å². The topological polar surface area (TPSA) is 95.9 Å². The molecule has 10 heteroatoms. The molecule has 4 rings (SSSR count). The van der Waals surface area contributed by atoms with E-state index < -0.39 is 6.23 Å². The minimum absolute atomic E-state index is 0.231. The molecule has 0 fully saturated rings. The van der Waals surface area contributed by atoms with Gasteiger partial charge in [-0.25, -0.2) is 0 Å². The lowest BCUT2D eigenvalue weighted by molar-refractivity contribution is -0.118. The van der Waals surface area contributed by atoms with Crippen molar-refractivity contribution in [1.29, 1.82) is 0 Å². The second kappa shape index (κ2) is 8.91. The number of carbonyl (C=O) groups is 1. The van der Waals surface area contributed by atoms with E-state index in [1.165, 1.54) is 32.9 Å². The molecular weight excluding hydrogens is 432 g/mol. The number of benzene rings is 2. The molecule has 1 atom stereocenters. The lowest BCUT2D eigenvalue weighted by Crippen LogP contribution is -2.36. The summed E-state index contributed by atoms with van der Waals surface area (Å²) in [5.41, 5.74) is 2.32. The van der Waals surface area contributed by atoms with Gasteiger partial charge in [-0.1, -0.05) is 30.0 Å². The quantitative estimate of drug-likeness (QED) is 0.534. The summed E-state index contributed by atoms with van der Waals surface area (Å²) in [5.74, 6) is 1.46. The number of fused-ring (bicyclic) bond motifs is 3. The Morgan fingerprint density at radius 3 is 2.38 bits per heavy atom. The first kappa shape index (κ1) is 21.7. The Bertz CT molecular complexity index is 1170. The average Bonchev–Trinajstić information content (AvgIpc) is 2.97. The molecule has 32 heavy (non-hydrogen) atoms. The first-order valence-corrected chi connectivity index (χ1v) is 10.9. The molecule has 0 N–H and O–H groups in total. The molecule has 0 bridgehead atoms. The Morgan fingerprint density at radius 2 is 1.72 bits per heavy atom. The van der Waals surface area contributed by atoms with Crippen molar-refractivity contribution in [2.75, 3.05) is 32.5 Å². The van der Waals surface area contributed by atoms with E-state index in [1.54, 1.807) is 24.1 Å². The minimum atomic E-state index is -0.906. The fourth-order valence-electron chi connectivity index (χ4n) is 3.59. The van der Waals surface area contributed by atoms with Gasteiger partial charge in [0.25, 0.3) is 0 Å². The minimum Gasteiger partial charge on any atom is -0.496 e. The highest BCUT2D eigenvalue weighted by Crippen LogP contribution is 2.46. The first-order chi connectivity index (χ1) is 15.5. The summed E-state index contributed by atoms with van der Waals surface area (Å²) >= 11 is 1.35. The van der Waals surface area contributed by atoms with Gasteiger partial charge in [0, 0.05) is 18.6 Å². The molecule has 2 heterocycles. The predicted octanol–water partition coefficient (Wildman–Crippen LogP) is 3.73. The van der Waals surface area contributed by atoms with Crippen LogP contribution in [0.3, 0.4) is 0 Å². The number of amides is 1. The van der Waals surface area contributed by atoms with Crippen LogP contribution < -0.4 is 23.8 Å². The summed E-state index contributed by atoms with van der Waals surface area (Å²) in [5, 5.41) is 8.96. The van der Waals surface area contributed by atoms with E-state index in [0.717, 1.165) is 0 Å². The Balaban J connectivity index is 2.00. The maximum Gasteiger partial charge on any atom is 0.247 e. The highest BCUT2D eigenvalue weighted by Gasteiger charge is 2.36. The molecule has 0 unspecified atom stereocenters.